The second kappa shape index (κ2) is 9.35. The molecule has 2 aliphatic rings. The van der Waals surface area contributed by atoms with Crippen LogP contribution in [0.3, 0.4) is 0 Å². The second-order valence-corrected chi connectivity index (χ2v) is 10.7. The Labute approximate surface area is 205 Å². The van der Waals surface area contributed by atoms with Gasteiger partial charge >= 0.3 is 0 Å². The molecule has 1 heterocycles. The topological polar surface area (TPSA) is 53.4 Å². The van der Waals surface area contributed by atoms with Gasteiger partial charge in [0.2, 0.25) is 0 Å². The average Bonchev–Trinajstić information content (AvgIpc) is 3.09. The van der Waals surface area contributed by atoms with Crippen LogP contribution in [-0.2, 0) is 20.1 Å². The maximum absolute atomic E-state index is 10.2. The summed E-state index contributed by atoms with van der Waals surface area (Å²) in [6.45, 7) is 10.5. The Kier molecular flexibility index (Phi) is 7.32. The van der Waals surface area contributed by atoms with Crippen LogP contribution in [0.1, 0.15) is 46.1 Å². The fourth-order valence-electron chi connectivity index (χ4n) is 5.68. The maximum Gasteiger partial charge on any atom is 0.0646 e. The van der Waals surface area contributed by atoms with Crippen molar-refractivity contribution in [3.05, 3.63) is 66.2 Å². The summed E-state index contributed by atoms with van der Waals surface area (Å²) in [5.41, 5.74) is 4.30. The third kappa shape index (κ3) is 4.70. The molecule has 2 N–H and O–H groups in total. The van der Waals surface area contributed by atoms with Crippen molar-refractivity contribution in [1.29, 1.82) is 0 Å². The van der Waals surface area contributed by atoms with E-state index in [0.717, 1.165) is 29.6 Å². The van der Waals surface area contributed by atoms with E-state index in [1.54, 1.807) is 0 Å². The van der Waals surface area contributed by atoms with Gasteiger partial charge in [0, 0.05) is 31.4 Å². The first-order chi connectivity index (χ1) is 14.6. The van der Waals surface area contributed by atoms with E-state index in [0.29, 0.717) is 5.92 Å². The number of aliphatic hydroxyl groups is 2. The van der Waals surface area contributed by atoms with Gasteiger partial charge in [-0.1, -0.05) is 52.0 Å². The van der Waals surface area contributed by atoms with Gasteiger partial charge in [0.05, 0.1) is 17.7 Å². The standard InChI is InChI=1S/C16H12N.C12H22O2.Ir/c1-12-6-5-9-16-14(12)10-11-15(17-16)13-7-3-2-4-8-13;1-11(2)5-7-6-12(3,4)10(14)8(7)9(11)13;/h2-7,9-11H,1H3;7-10,13-14H,5-6H2,1-4H3;/q-1;;. The zero-order valence-corrected chi connectivity index (χ0v) is 22.0. The zero-order chi connectivity index (χ0) is 22.4. The molecule has 2 atom stereocenters. The molecule has 3 aromatic rings. The Morgan fingerprint density at radius 3 is 2.09 bits per heavy atom. The van der Waals surface area contributed by atoms with Crippen LogP contribution < -0.4 is 0 Å². The monoisotopic (exact) mass is 609 g/mol. The van der Waals surface area contributed by atoms with E-state index in [1.807, 2.05) is 30.3 Å². The van der Waals surface area contributed by atoms with Gasteiger partial charge in [-0.05, 0) is 53.8 Å². The predicted molar refractivity (Wildman–Crippen MR) is 127 cm³/mol. The van der Waals surface area contributed by atoms with Crippen molar-refractivity contribution in [3.8, 4) is 11.3 Å². The molecule has 0 saturated heterocycles. The SMILES string of the molecule is CC1(C)CC2CC(C)(C)C(O)C2C1O.Cc1cccc2nc(-c3[c-]cccc3)ccc12.[Ir]. The molecule has 5 rings (SSSR count). The third-order valence-electron chi connectivity index (χ3n) is 7.39. The molecule has 1 aromatic heterocycles. The number of benzene rings is 2. The largest absolute Gasteiger partial charge is 0.392 e. The van der Waals surface area contributed by atoms with Crippen LogP contribution in [0.4, 0.5) is 0 Å². The van der Waals surface area contributed by atoms with Crippen LogP contribution in [0.5, 0.6) is 0 Å². The Morgan fingerprint density at radius 1 is 0.875 bits per heavy atom. The molecular formula is C28H34IrNO2-. The molecule has 1 radical (unpaired) electrons. The van der Waals surface area contributed by atoms with Crippen LogP contribution in [0.25, 0.3) is 22.2 Å². The first-order valence-corrected chi connectivity index (χ1v) is 11.3. The molecule has 0 bridgehead atoms. The molecule has 0 aliphatic heterocycles. The van der Waals surface area contributed by atoms with Crippen LogP contribution in [-0.4, -0.2) is 27.4 Å². The average molecular weight is 609 g/mol. The van der Waals surface area contributed by atoms with E-state index < -0.39 is 0 Å². The van der Waals surface area contributed by atoms with E-state index in [1.165, 1.54) is 10.9 Å². The number of aliphatic hydroxyl groups excluding tert-OH is 2. The minimum atomic E-state index is -0.329. The molecule has 2 unspecified atom stereocenters. The summed E-state index contributed by atoms with van der Waals surface area (Å²) in [5.74, 6) is 0.630. The molecule has 32 heavy (non-hydrogen) atoms. The minimum absolute atomic E-state index is 0. The van der Waals surface area contributed by atoms with Gasteiger partial charge in [-0.2, -0.15) is 0 Å². The second-order valence-electron chi connectivity index (χ2n) is 10.7. The first kappa shape index (κ1) is 25.0. The van der Waals surface area contributed by atoms with Gasteiger partial charge in [-0.15, -0.1) is 35.9 Å². The summed E-state index contributed by atoms with van der Waals surface area (Å²) in [4.78, 5) is 4.68. The summed E-state index contributed by atoms with van der Waals surface area (Å²) < 4.78 is 0. The van der Waals surface area contributed by atoms with Gasteiger partial charge in [-0.3, -0.25) is 4.98 Å². The van der Waals surface area contributed by atoms with Gasteiger partial charge in [0.1, 0.15) is 0 Å². The van der Waals surface area contributed by atoms with Crippen LogP contribution >= 0.6 is 0 Å². The first-order valence-electron chi connectivity index (χ1n) is 11.3. The number of fused-ring (bicyclic) bond motifs is 2. The van der Waals surface area contributed by atoms with Crippen molar-refractivity contribution in [2.45, 2.75) is 59.7 Å². The maximum atomic E-state index is 10.2. The number of hydrogen-bond donors (Lipinski definition) is 2. The summed E-state index contributed by atoms with van der Waals surface area (Å²) in [6, 6.07) is 21.5. The van der Waals surface area contributed by atoms with Gasteiger partial charge in [0.15, 0.2) is 0 Å². The number of hydrogen-bond acceptors (Lipinski definition) is 3. The van der Waals surface area contributed by atoms with E-state index in [2.05, 4.69) is 69.9 Å². The number of rotatable bonds is 1. The molecule has 2 saturated carbocycles. The van der Waals surface area contributed by atoms with E-state index in [4.69, 9.17) is 0 Å². The zero-order valence-electron chi connectivity index (χ0n) is 19.6. The van der Waals surface area contributed by atoms with Gasteiger partial charge < -0.3 is 10.2 Å². The summed E-state index contributed by atoms with van der Waals surface area (Å²) in [7, 11) is 0. The predicted octanol–water partition coefficient (Wildman–Crippen LogP) is 5.81. The van der Waals surface area contributed by atoms with Crippen molar-refractivity contribution < 1.29 is 30.3 Å². The Hall–Kier alpha value is -1.58. The van der Waals surface area contributed by atoms with E-state index in [-0.39, 0.29) is 49.1 Å². The van der Waals surface area contributed by atoms with Crippen molar-refractivity contribution in [1.82, 2.24) is 4.98 Å². The van der Waals surface area contributed by atoms with Crippen molar-refractivity contribution in [2.75, 3.05) is 0 Å². The smallest absolute Gasteiger partial charge is 0.0646 e. The number of aromatic nitrogens is 1. The van der Waals surface area contributed by atoms with Gasteiger partial charge in [-0.25, -0.2) is 0 Å². The number of aryl methyl sites for hydroxylation is 1. The molecule has 2 fully saturated rings. The molecule has 3 nitrogen and oxygen atoms in total. The molecule has 4 heteroatoms. The molecule has 0 amide bonds. The van der Waals surface area contributed by atoms with E-state index in [9.17, 15) is 10.2 Å². The number of nitrogens with zero attached hydrogens (tertiary/aromatic N) is 1. The van der Waals surface area contributed by atoms with Crippen LogP contribution in [0.2, 0.25) is 0 Å². The fraction of sp³-hybridized carbons (Fsp3) is 0.464. The third-order valence-corrected chi connectivity index (χ3v) is 7.39. The normalized spacial score (nSPS) is 27.2. The Morgan fingerprint density at radius 2 is 1.53 bits per heavy atom. The number of pyridine rings is 1. The molecule has 2 aromatic carbocycles. The molecule has 2 aliphatic carbocycles. The summed E-state index contributed by atoms with van der Waals surface area (Å²) in [6.07, 6.45) is 1.45. The van der Waals surface area contributed by atoms with Crippen LogP contribution in [0, 0.1) is 35.7 Å². The Bertz CT molecular complexity index is 1040. The minimum Gasteiger partial charge on any atom is -0.392 e. The quantitative estimate of drug-likeness (QED) is 0.343. The molecule has 173 valence electrons. The summed E-state index contributed by atoms with van der Waals surface area (Å²) >= 11 is 0. The van der Waals surface area contributed by atoms with Crippen molar-refractivity contribution >= 4 is 10.9 Å². The molecular weight excluding hydrogens is 575 g/mol. The Balaban J connectivity index is 0.000000178. The van der Waals surface area contributed by atoms with Gasteiger partial charge in [0.25, 0.3) is 0 Å². The van der Waals surface area contributed by atoms with E-state index >= 15 is 0 Å². The van der Waals surface area contributed by atoms with Crippen molar-refractivity contribution in [2.24, 2.45) is 22.7 Å². The van der Waals surface area contributed by atoms with Crippen LogP contribution in [0.15, 0.2) is 54.6 Å². The van der Waals surface area contributed by atoms with Crippen molar-refractivity contribution in [3.63, 3.8) is 0 Å². The summed E-state index contributed by atoms with van der Waals surface area (Å²) in [5, 5.41) is 21.6. The molecule has 0 spiro atoms. The fourth-order valence-corrected chi connectivity index (χ4v) is 5.68.